The van der Waals surface area contributed by atoms with Crippen LogP contribution in [0.4, 0.5) is 0 Å². The summed E-state index contributed by atoms with van der Waals surface area (Å²) in [6.45, 7) is -0.992. The summed E-state index contributed by atoms with van der Waals surface area (Å²) < 4.78 is 33.0. The Kier molecular flexibility index (Phi) is 6.59. The van der Waals surface area contributed by atoms with Crippen LogP contribution in [-0.2, 0) is 19.6 Å². The summed E-state index contributed by atoms with van der Waals surface area (Å²) in [5.74, 6) is -3.12. The summed E-state index contributed by atoms with van der Waals surface area (Å²) in [5.41, 5.74) is 0.149. The van der Waals surface area contributed by atoms with Gasteiger partial charge in [-0.1, -0.05) is 48.0 Å². The van der Waals surface area contributed by atoms with Crippen molar-refractivity contribution in [2.24, 2.45) is 0 Å². The number of hydrogen-bond acceptors (Lipinski definition) is 5. The maximum absolute atomic E-state index is 13.6. The first-order chi connectivity index (χ1) is 16.6. The van der Waals surface area contributed by atoms with E-state index < -0.39 is 40.0 Å². The van der Waals surface area contributed by atoms with Gasteiger partial charge in [0, 0.05) is 10.9 Å². The van der Waals surface area contributed by atoms with Gasteiger partial charge in [-0.2, -0.15) is 4.31 Å². The molecule has 2 N–H and O–H groups in total. The molecule has 0 heterocycles. The van der Waals surface area contributed by atoms with Crippen LogP contribution < -0.4 is 4.74 Å². The molecule has 3 aromatic carbocycles. The lowest BCUT2D eigenvalue weighted by Gasteiger charge is -2.28. The van der Waals surface area contributed by atoms with Gasteiger partial charge >= 0.3 is 11.9 Å². The van der Waals surface area contributed by atoms with Gasteiger partial charge < -0.3 is 14.9 Å². The largest absolute Gasteiger partial charge is 0.497 e. The van der Waals surface area contributed by atoms with Crippen LogP contribution in [0.1, 0.15) is 17.9 Å². The van der Waals surface area contributed by atoms with Crippen LogP contribution in [0.2, 0.25) is 5.02 Å². The topological polar surface area (TPSA) is 121 Å². The molecule has 10 heteroatoms. The van der Waals surface area contributed by atoms with Crippen molar-refractivity contribution in [1.29, 1.82) is 0 Å². The first-order valence-corrected chi connectivity index (χ1v) is 12.4. The van der Waals surface area contributed by atoms with E-state index in [1.807, 2.05) is 0 Å². The van der Waals surface area contributed by atoms with E-state index in [0.29, 0.717) is 20.6 Å². The lowest BCUT2D eigenvalue weighted by Crippen LogP contribution is -2.50. The van der Waals surface area contributed by atoms with E-state index in [0.717, 1.165) is 11.1 Å². The van der Waals surface area contributed by atoms with Gasteiger partial charge in [-0.25, -0.2) is 8.42 Å². The zero-order valence-corrected chi connectivity index (χ0v) is 20.2. The van der Waals surface area contributed by atoms with Gasteiger partial charge in [0.25, 0.3) is 0 Å². The molecule has 182 valence electrons. The Hall–Kier alpha value is -3.40. The number of carbonyl (C=O) groups is 2. The average Bonchev–Trinajstić information content (AvgIpc) is 3.60. The number of carboxylic acids is 2. The Labute approximate surface area is 207 Å². The van der Waals surface area contributed by atoms with Gasteiger partial charge in [0.15, 0.2) is 0 Å². The Bertz CT molecular complexity index is 1370. The molecule has 2 atom stereocenters. The fourth-order valence-electron chi connectivity index (χ4n) is 4.28. The molecular weight excluding hydrogens is 494 g/mol. The van der Waals surface area contributed by atoms with E-state index >= 15 is 0 Å². The van der Waals surface area contributed by atoms with Gasteiger partial charge in [-0.15, -0.1) is 0 Å². The third-order valence-corrected chi connectivity index (χ3v) is 8.30. The van der Waals surface area contributed by atoms with Gasteiger partial charge in [0.1, 0.15) is 17.8 Å². The highest BCUT2D eigenvalue weighted by molar-refractivity contribution is 7.89. The summed E-state index contributed by atoms with van der Waals surface area (Å²) in [6.07, 6.45) is -0.0646. The molecule has 0 amide bonds. The van der Waals surface area contributed by atoms with Crippen LogP contribution in [0, 0.1) is 0 Å². The Morgan fingerprint density at radius 2 is 1.63 bits per heavy atom. The monoisotopic (exact) mass is 515 g/mol. The number of halogens is 1. The molecule has 0 spiro atoms. The third-order valence-electron chi connectivity index (χ3n) is 6.14. The molecule has 1 saturated carbocycles. The van der Waals surface area contributed by atoms with Crippen molar-refractivity contribution in [3.05, 3.63) is 83.4 Å². The van der Waals surface area contributed by atoms with Crippen molar-refractivity contribution < 1.29 is 33.0 Å². The smallest absolute Gasteiger partial charge is 0.325 e. The molecule has 1 aliphatic carbocycles. The minimum absolute atomic E-state index is 0.0646. The third kappa shape index (κ3) is 4.62. The molecule has 0 aliphatic heterocycles. The second kappa shape index (κ2) is 9.33. The first-order valence-electron chi connectivity index (χ1n) is 10.6. The number of ether oxygens (including phenoxy) is 1. The molecule has 0 radical (unpaired) electrons. The second-order valence-electron chi connectivity index (χ2n) is 8.20. The number of rotatable bonds is 9. The van der Waals surface area contributed by atoms with Crippen LogP contribution in [0.25, 0.3) is 11.1 Å². The highest BCUT2D eigenvalue weighted by atomic mass is 35.5. The molecule has 3 aromatic rings. The predicted octanol–water partition coefficient (Wildman–Crippen LogP) is 4.10. The minimum atomic E-state index is -4.48. The predicted molar refractivity (Wildman–Crippen MR) is 129 cm³/mol. The molecule has 1 aliphatic rings. The fraction of sp³-hybridized carbons (Fsp3) is 0.200. The van der Waals surface area contributed by atoms with Gasteiger partial charge in [0.2, 0.25) is 10.0 Å². The number of hydrogen-bond donors (Lipinski definition) is 2. The summed E-state index contributed by atoms with van der Waals surface area (Å²) in [5, 5.41) is 20.2. The Morgan fingerprint density at radius 3 is 2.17 bits per heavy atom. The molecular formula is C25H22ClNO7S. The average molecular weight is 516 g/mol. The SMILES string of the molecule is COc1cccc(C2CC2(C(=O)O)N(CC(=O)O)S(=O)(=O)c2ccc(-c3ccc(Cl)cc3)cc2)c1. The van der Waals surface area contributed by atoms with Gasteiger partial charge in [0.05, 0.1) is 12.0 Å². The zero-order chi connectivity index (χ0) is 25.4. The van der Waals surface area contributed by atoms with E-state index in [1.54, 1.807) is 60.7 Å². The fourth-order valence-corrected chi connectivity index (χ4v) is 6.12. The van der Waals surface area contributed by atoms with E-state index in [-0.39, 0.29) is 11.3 Å². The van der Waals surface area contributed by atoms with Crippen molar-refractivity contribution in [2.45, 2.75) is 22.8 Å². The molecule has 0 saturated heterocycles. The lowest BCUT2D eigenvalue weighted by atomic mass is 10.1. The number of carboxylic acid groups (broad SMARTS) is 2. The van der Waals surface area contributed by atoms with Crippen molar-refractivity contribution in [1.82, 2.24) is 4.31 Å². The summed E-state index contributed by atoms with van der Waals surface area (Å²) in [7, 11) is -3.02. The maximum atomic E-state index is 13.6. The summed E-state index contributed by atoms with van der Waals surface area (Å²) in [4.78, 5) is 23.9. The number of sulfonamides is 1. The van der Waals surface area contributed by atoms with E-state index in [4.69, 9.17) is 16.3 Å². The van der Waals surface area contributed by atoms with Gasteiger partial charge in [-0.3, -0.25) is 9.59 Å². The second-order valence-corrected chi connectivity index (χ2v) is 10.5. The Balaban J connectivity index is 1.73. The van der Waals surface area contributed by atoms with E-state index in [2.05, 4.69) is 0 Å². The van der Waals surface area contributed by atoms with E-state index in [1.165, 1.54) is 19.2 Å². The molecule has 0 bridgehead atoms. The van der Waals surface area contributed by atoms with Crippen LogP contribution in [0.5, 0.6) is 5.75 Å². The molecule has 0 aromatic heterocycles. The van der Waals surface area contributed by atoms with Crippen molar-refractivity contribution >= 4 is 33.6 Å². The standard InChI is InChI=1S/C25H22ClNO7S/c1-34-20-4-2-3-18(13-20)22-14-25(22,24(30)31)27(15-23(28)29)35(32,33)21-11-7-17(8-12-21)16-5-9-19(26)10-6-16/h2-13,22H,14-15H2,1H3,(H,28,29)(H,30,31). The molecule has 1 fully saturated rings. The highest BCUT2D eigenvalue weighted by Gasteiger charge is 2.68. The molecule has 4 rings (SSSR count). The summed E-state index contributed by atoms with van der Waals surface area (Å²) in [6, 6.07) is 19.5. The Morgan fingerprint density at radius 1 is 1.03 bits per heavy atom. The van der Waals surface area contributed by atoms with E-state index in [9.17, 15) is 28.2 Å². The quantitative estimate of drug-likeness (QED) is 0.440. The van der Waals surface area contributed by atoms with Gasteiger partial charge in [-0.05, 0) is 59.5 Å². The van der Waals surface area contributed by atoms with Crippen molar-refractivity contribution in [3.8, 4) is 16.9 Å². The minimum Gasteiger partial charge on any atom is -0.497 e. The number of benzene rings is 3. The van der Waals surface area contributed by atoms with Crippen LogP contribution in [0.15, 0.2) is 77.7 Å². The molecule has 2 unspecified atom stereocenters. The number of aliphatic carboxylic acids is 2. The highest BCUT2D eigenvalue weighted by Crippen LogP contribution is 2.57. The number of nitrogens with zero attached hydrogens (tertiary/aromatic N) is 1. The summed E-state index contributed by atoms with van der Waals surface area (Å²) >= 11 is 5.92. The van der Waals surface area contributed by atoms with Crippen molar-refractivity contribution in [3.63, 3.8) is 0 Å². The van der Waals surface area contributed by atoms with Crippen molar-refractivity contribution in [2.75, 3.05) is 13.7 Å². The molecule has 35 heavy (non-hydrogen) atoms. The molecule has 8 nitrogen and oxygen atoms in total. The first kappa shape index (κ1) is 24.7. The maximum Gasteiger partial charge on any atom is 0.325 e. The van der Waals surface area contributed by atoms with Crippen LogP contribution in [-0.4, -0.2) is 54.1 Å². The number of methoxy groups -OCH3 is 1. The lowest BCUT2D eigenvalue weighted by molar-refractivity contribution is -0.145. The zero-order valence-electron chi connectivity index (χ0n) is 18.6. The van der Waals surface area contributed by atoms with Crippen LogP contribution in [0.3, 0.4) is 0 Å². The van der Waals surface area contributed by atoms with Crippen LogP contribution >= 0.6 is 11.6 Å². The normalized spacial score (nSPS) is 19.3.